The largest absolute Gasteiger partial charge is 0.508 e. The van der Waals surface area contributed by atoms with Gasteiger partial charge in [0.25, 0.3) is 0 Å². The Morgan fingerprint density at radius 2 is 1.50 bits per heavy atom. The van der Waals surface area contributed by atoms with Crippen LogP contribution in [-0.4, -0.2) is 31.3 Å². The minimum absolute atomic E-state index is 0.297. The molecular weight excluding hydrogens is 152 g/mol. The van der Waals surface area contributed by atoms with Gasteiger partial charge in [-0.05, 0) is 24.3 Å². The first-order valence-corrected chi connectivity index (χ1v) is 3.81. The molecular formula is C9H14N2O. The van der Waals surface area contributed by atoms with Gasteiger partial charge >= 0.3 is 0 Å². The highest BCUT2D eigenvalue weighted by Crippen LogP contribution is 2.17. The van der Waals surface area contributed by atoms with Gasteiger partial charge < -0.3 is 10.1 Å². The molecule has 0 saturated carbocycles. The molecule has 0 amide bonds. The molecule has 66 valence electrons. The molecule has 1 aromatic rings. The van der Waals surface area contributed by atoms with Gasteiger partial charge in [-0.3, -0.25) is 0 Å². The van der Waals surface area contributed by atoms with Gasteiger partial charge in [0.1, 0.15) is 5.75 Å². The Morgan fingerprint density at radius 1 is 1.00 bits per heavy atom. The molecule has 3 nitrogen and oxygen atoms in total. The van der Waals surface area contributed by atoms with Crippen LogP contribution in [0.2, 0.25) is 0 Å². The summed E-state index contributed by atoms with van der Waals surface area (Å²) in [6, 6.07) is 7.09. The van der Waals surface area contributed by atoms with Crippen LogP contribution in [0.4, 0.5) is 5.69 Å². The number of phenols is 1. The fourth-order valence-electron chi connectivity index (χ4n) is 0.899. The lowest BCUT2D eigenvalue weighted by Gasteiger charge is -2.26. The molecule has 3 heteroatoms. The first-order chi connectivity index (χ1) is 5.61. The van der Waals surface area contributed by atoms with Crippen molar-refractivity contribution in [1.29, 1.82) is 0 Å². The van der Waals surface area contributed by atoms with E-state index in [4.69, 9.17) is 5.11 Å². The smallest absolute Gasteiger partial charge is 0.115 e. The van der Waals surface area contributed by atoms with Crippen LogP contribution in [0.3, 0.4) is 0 Å². The Balaban J connectivity index is 2.82. The molecule has 0 aromatic heterocycles. The monoisotopic (exact) mass is 166 g/mol. The van der Waals surface area contributed by atoms with Crippen LogP contribution in [-0.2, 0) is 0 Å². The van der Waals surface area contributed by atoms with Gasteiger partial charge in [-0.1, -0.05) is 0 Å². The van der Waals surface area contributed by atoms with Crippen LogP contribution in [0.25, 0.3) is 0 Å². The van der Waals surface area contributed by atoms with E-state index in [1.165, 1.54) is 0 Å². The van der Waals surface area contributed by atoms with Crippen molar-refractivity contribution in [3.05, 3.63) is 24.3 Å². The van der Waals surface area contributed by atoms with Crippen LogP contribution in [0.5, 0.6) is 5.75 Å². The summed E-state index contributed by atoms with van der Waals surface area (Å²) in [6.07, 6.45) is 0. The molecule has 0 unspecified atom stereocenters. The number of hydrogen-bond donors (Lipinski definition) is 1. The summed E-state index contributed by atoms with van der Waals surface area (Å²) in [4.78, 5) is 0. The van der Waals surface area contributed by atoms with Crippen LogP contribution in [0.15, 0.2) is 24.3 Å². The summed E-state index contributed by atoms with van der Waals surface area (Å²) in [5, 5.41) is 13.0. The van der Waals surface area contributed by atoms with E-state index in [0.717, 1.165) is 5.69 Å². The Morgan fingerprint density at radius 3 is 1.92 bits per heavy atom. The summed E-state index contributed by atoms with van der Waals surface area (Å²) < 4.78 is 0. The average molecular weight is 166 g/mol. The third-order valence-corrected chi connectivity index (χ3v) is 1.82. The van der Waals surface area contributed by atoms with E-state index in [1.54, 1.807) is 12.1 Å². The number of benzene rings is 1. The van der Waals surface area contributed by atoms with E-state index < -0.39 is 0 Å². The van der Waals surface area contributed by atoms with Gasteiger partial charge in [-0.2, -0.15) is 0 Å². The standard InChI is InChI=1S/C9H14N2O/c1-10(2)11(3)8-4-6-9(12)7-5-8/h4-7,12H,1-3H3. The van der Waals surface area contributed by atoms with Gasteiger partial charge in [0.05, 0.1) is 5.69 Å². The van der Waals surface area contributed by atoms with E-state index in [-0.39, 0.29) is 0 Å². The van der Waals surface area contributed by atoms with Gasteiger partial charge in [0.2, 0.25) is 0 Å². The fourth-order valence-corrected chi connectivity index (χ4v) is 0.899. The highest BCUT2D eigenvalue weighted by Gasteiger charge is 2.01. The maximum atomic E-state index is 9.04. The SMILES string of the molecule is CN(C)N(C)c1ccc(O)cc1. The zero-order chi connectivity index (χ0) is 9.14. The Labute approximate surface area is 72.8 Å². The maximum absolute atomic E-state index is 9.04. The maximum Gasteiger partial charge on any atom is 0.115 e. The van der Waals surface area contributed by atoms with Crippen molar-refractivity contribution in [3.8, 4) is 5.75 Å². The number of aromatic hydroxyl groups is 1. The number of anilines is 1. The van der Waals surface area contributed by atoms with Crippen LogP contribution >= 0.6 is 0 Å². The van der Waals surface area contributed by atoms with Gasteiger partial charge in [-0.25, -0.2) is 5.01 Å². The number of rotatable bonds is 2. The summed E-state index contributed by atoms with van der Waals surface area (Å²) >= 11 is 0. The third-order valence-electron chi connectivity index (χ3n) is 1.82. The van der Waals surface area contributed by atoms with Crippen molar-refractivity contribution in [2.24, 2.45) is 0 Å². The van der Waals surface area contributed by atoms with Crippen LogP contribution < -0.4 is 5.01 Å². The minimum Gasteiger partial charge on any atom is -0.508 e. The summed E-state index contributed by atoms with van der Waals surface area (Å²) in [7, 11) is 5.89. The predicted molar refractivity (Wildman–Crippen MR) is 50.2 cm³/mol. The molecule has 0 aliphatic rings. The first-order valence-electron chi connectivity index (χ1n) is 3.81. The lowest BCUT2D eigenvalue weighted by Crippen LogP contribution is -2.32. The van der Waals surface area contributed by atoms with Gasteiger partial charge in [-0.15, -0.1) is 0 Å². The van der Waals surface area contributed by atoms with Crippen molar-refractivity contribution in [1.82, 2.24) is 5.01 Å². The zero-order valence-electron chi connectivity index (χ0n) is 7.65. The highest BCUT2D eigenvalue weighted by atomic mass is 16.3. The van der Waals surface area contributed by atoms with Gasteiger partial charge in [0, 0.05) is 21.1 Å². The topological polar surface area (TPSA) is 26.7 Å². The summed E-state index contributed by atoms with van der Waals surface area (Å²) in [6.45, 7) is 0. The van der Waals surface area contributed by atoms with Crippen LogP contribution in [0, 0.1) is 0 Å². The van der Waals surface area contributed by atoms with Crippen molar-refractivity contribution < 1.29 is 5.11 Å². The Hall–Kier alpha value is -1.22. The first kappa shape index (κ1) is 8.87. The molecule has 1 aromatic carbocycles. The molecule has 1 N–H and O–H groups in total. The van der Waals surface area contributed by atoms with E-state index in [9.17, 15) is 0 Å². The minimum atomic E-state index is 0.297. The molecule has 12 heavy (non-hydrogen) atoms. The van der Waals surface area contributed by atoms with E-state index in [0.29, 0.717) is 5.75 Å². The average Bonchev–Trinajstić information content (AvgIpc) is 2.04. The molecule has 0 spiro atoms. The Kier molecular flexibility index (Phi) is 2.55. The van der Waals surface area contributed by atoms with Crippen LogP contribution in [0.1, 0.15) is 0 Å². The third kappa shape index (κ3) is 1.89. The lowest BCUT2D eigenvalue weighted by atomic mass is 10.3. The second-order valence-corrected chi connectivity index (χ2v) is 2.89. The number of hydrazine groups is 1. The molecule has 0 atom stereocenters. The second-order valence-electron chi connectivity index (χ2n) is 2.89. The molecule has 0 saturated heterocycles. The highest BCUT2D eigenvalue weighted by molar-refractivity contribution is 5.46. The zero-order valence-corrected chi connectivity index (χ0v) is 7.65. The van der Waals surface area contributed by atoms with E-state index in [2.05, 4.69) is 0 Å². The molecule has 0 bridgehead atoms. The molecule has 0 fully saturated rings. The number of nitrogens with zero attached hydrogens (tertiary/aromatic N) is 2. The van der Waals surface area contributed by atoms with Crippen molar-refractivity contribution in [3.63, 3.8) is 0 Å². The fraction of sp³-hybridized carbons (Fsp3) is 0.333. The molecule has 0 aliphatic heterocycles. The Bertz CT molecular complexity index is 243. The van der Waals surface area contributed by atoms with E-state index >= 15 is 0 Å². The quantitative estimate of drug-likeness (QED) is 0.671. The molecule has 1 rings (SSSR count). The lowest BCUT2D eigenvalue weighted by molar-refractivity contribution is 0.397. The van der Waals surface area contributed by atoms with Crippen molar-refractivity contribution >= 4 is 5.69 Å². The predicted octanol–water partition coefficient (Wildman–Crippen LogP) is 1.30. The van der Waals surface area contributed by atoms with Crippen molar-refractivity contribution in [2.75, 3.05) is 26.2 Å². The van der Waals surface area contributed by atoms with Gasteiger partial charge in [0.15, 0.2) is 0 Å². The number of phenolic OH excluding ortho intramolecular Hbond substituents is 1. The summed E-state index contributed by atoms with van der Waals surface area (Å²) in [5.41, 5.74) is 1.05. The normalized spacial score (nSPS) is 10.3. The second kappa shape index (κ2) is 3.45. The summed E-state index contributed by atoms with van der Waals surface area (Å²) in [5.74, 6) is 0.297. The number of hydrogen-bond acceptors (Lipinski definition) is 3. The molecule has 0 radical (unpaired) electrons. The van der Waals surface area contributed by atoms with Crippen molar-refractivity contribution in [2.45, 2.75) is 0 Å². The molecule has 0 heterocycles. The molecule has 0 aliphatic carbocycles. The van der Waals surface area contributed by atoms with E-state index in [1.807, 2.05) is 43.3 Å².